The minimum Gasteiger partial charge on any atom is -0.382 e. The van der Waals surface area contributed by atoms with Crippen LogP contribution in [0.25, 0.3) is 11.1 Å². The number of alkyl halides is 3. The third-order valence-electron chi connectivity index (χ3n) is 8.88. The van der Waals surface area contributed by atoms with Gasteiger partial charge < -0.3 is 32.1 Å². The minimum atomic E-state index is -5.11. The molecule has 0 saturated heterocycles. The van der Waals surface area contributed by atoms with E-state index < -0.39 is 84.2 Å². The maximum absolute atomic E-state index is 14.0. The molecule has 0 aliphatic heterocycles. The van der Waals surface area contributed by atoms with Crippen LogP contribution in [0.1, 0.15) is 55.1 Å². The highest BCUT2D eigenvalue weighted by atomic mass is 19.4. The van der Waals surface area contributed by atoms with Crippen LogP contribution in [0.4, 0.5) is 13.2 Å². The Kier molecular flexibility index (Phi) is 12.2. The van der Waals surface area contributed by atoms with Crippen molar-refractivity contribution in [2.24, 2.45) is 11.7 Å². The Morgan fingerprint density at radius 2 is 1.33 bits per heavy atom. The summed E-state index contributed by atoms with van der Waals surface area (Å²) >= 11 is 0. The van der Waals surface area contributed by atoms with Gasteiger partial charge in [0.1, 0.15) is 17.6 Å². The summed E-state index contributed by atoms with van der Waals surface area (Å²) in [6.07, 6.45) is -9.19. The number of rotatable bonds is 14. The molecule has 4 rings (SSSR count). The first-order chi connectivity index (χ1) is 24.0. The number of nitrogens with two attached hydrogens (primary N) is 1. The van der Waals surface area contributed by atoms with Gasteiger partial charge in [-0.15, -0.1) is 0 Å². The Morgan fingerprint density at radius 3 is 1.86 bits per heavy atom. The van der Waals surface area contributed by atoms with Crippen LogP contribution in [0.15, 0.2) is 78.9 Å². The Hall–Kier alpha value is -5.24. The summed E-state index contributed by atoms with van der Waals surface area (Å²) in [4.78, 5) is 65.5. The molecule has 3 aromatic carbocycles. The highest BCUT2D eigenvalue weighted by Crippen LogP contribution is 2.31. The van der Waals surface area contributed by atoms with Gasteiger partial charge in [-0.05, 0) is 53.6 Å². The van der Waals surface area contributed by atoms with Crippen molar-refractivity contribution < 1.29 is 42.3 Å². The smallest absolute Gasteiger partial charge is 0.382 e. The number of carbonyl (C=O) groups is 5. The predicted molar refractivity (Wildman–Crippen MR) is 183 cm³/mol. The van der Waals surface area contributed by atoms with Crippen LogP contribution in [-0.4, -0.2) is 70.6 Å². The van der Waals surface area contributed by atoms with E-state index in [0.717, 1.165) is 22.3 Å². The van der Waals surface area contributed by atoms with E-state index in [9.17, 15) is 42.3 Å². The normalized spacial score (nSPS) is 15.8. The average molecular weight is 710 g/mol. The highest BCUT2D eigenvalue weighted by Gasteiger charge is 2.48. The molecular weight excluding hydrogens is 667 g/mol. The first-order valence-electron chi connectivity index (χ1n) is 16.5. The standard InChI is InChI=1S/C37H42F3N5O6/c1-21(2)30(44-33(49)25-15-13-24(14-16-25)23-9-5-4-6-10-23)34(50)45-36(19-26-11-7-8-12-27(26)20-36)35(51)42-22(3)32(48)43-28(17-18-29(41)46)31(47)37(38,39)40/h4-16,21-22,28,30-31,47H,17-20H2,1-3H3,(H2,41,46)(H,42,51)(H,43,48)(H,44,49)(H,45,50). The number of aliphatic hydroxyl groups excluding tert-OH is 1. The van der Waals surface area contributed by atoms with Crippen LogP contribution in [0.5, 0.6) is 0 Å². The number of nitrogens with one attached hydrogen (secondary N) is 4. The van der Waals surface area contributed by atoms with E-state index in [1.165, 1.54) is 6.92 Å². The van der Waals surface area contributed by atoms with Crippen molar-refractivity contribution in [1.82, 2.24) is 21.3 Å². The third-order valence-corrected chi connectivity index (χ3v) is 8.88. The van der Waals surface area contributed by atoms with E-state index in [1.54, 1.807) is 62.4 Å². The molecule has 0 bridgehead atoms. The van der Waals surface area contributed by atoms with Gasteiger partial charge in [0.15, 0.2) is 6.10 Å². The van der Waals surface area contributed by atoms with E-state index in [4.69, 9.17) is 5.73 Å². The number of hydrogen-bond donors (Lipinski definition) is 6. The number of amides is 5. The maximum atomic E-state index is 14.0. The van der Waals surface area contributed by atoms with Crippen molar-refractivity contribution in [2.45, 2.75) is 82.4 Å². The van der Waals surface area contributed by atoms with E-state index in [2.05, 4.69) is 21.3 Å². The van der Waals surface area contributed by atoms with Crippen molar-refractivity contribution in [3.63, 3.8) is 0 Å². The molecule has 11 nitrogen and oxygen atoms in total. The number of aliphatic hydroxyl groups is 1. The first-order valence-corrected chi connectivity index (χ1v) is 16.5. The Balaban J connectivity index is 1.51. The summed E-state index contributed by atoms with van der Waals surface area (Å²) < 4.78 is 39.9. The fourth-order valence-corrected chi connectivity index (χ4v) is 5.98. The number of carbonyl (C=O) groups excluding carboxylic acids is 5. The number of benzene rings is 3. The van der Waals surface area contributed by atoms with E-state index in [-0.39, 0.29) is 12.8 Å². The number of primary amides is 1. The van der Waals surface area contributed by atoms with Crippen molar-refractivity contribution in [3.8, 4) is 11.1 Å². The fourth-order valence-electron chi connectivity index (χ4n) is 5.98. The van der Waals surface area contributed by atoms with Gasteiger partial charge in [-0.1, -0.05) is 80.6 Å². The van der Waals surface area contributed by atoms with Crippen molar-refractivity contribution in [2.75, 3.05) is 0 Å². The molecular formula is C37H42F3N5O6. The molecule has 272 valence electrons. The lowest BCUT2D eigenvalue weighted by Gasteiger charge is -2.33. The van der Waals surface area contributed by atoms with E-state index in [1.807, 2.05) is 30.3 Å². The summed E-state index contributed by atoms with van der Waals surface area (Å²) in [7, 11) is 0. The summed E-state index contributed by atoms with van der Waals surface area (Å²) in [6.45, 7) is 4.70. The van der Waals surface area contributed by atoms with E-state index in [0.29, 0.717) is 5.56 Å². The zero-order chi connectivity index (χ0) is 37.5. The highest BCUT2D eigenvalue weighted by molar-refractivity contribution is 6.00. The number of halogens is 3. The molecule has 0 fully saturated rings. The topological polar surface area (TPSA) is 180 Å². The van der Waals surface area contributed by atoms with Crippen LogP contribution < -0.4 is 27.0 Å². The minimum absolute atomic E-state index is 0.0306. The average Bonchev–Trinajstić information content (AvgIpc) is 3.47. The fraction of sp³-hybridized carbons (Fsp3) is 0.378. The van der Waals surface area contributed by atoms with Gasteiger partial charge in [0.05, 0.1) is 6.04 Å². The second-order valence-electron chi connectivity index (χ2n) is 13.1. The molecule has 0 saturated carbocycles. The molecule has 1 aliphatic carbocycles. The van der Waals surface area contributed by atoms with Crippen LogP contribution in [-0.2, 0) is 32.0 Å². The van der Waals surface area contributed by atoms with E-state index >= 15 is 0 Å². The van der Waals surface area contributed by atoms with Gasteiger partial charge in [0.25, 0.3) is 5.91 Å². The predicted octanol–water partition coefficient (Wildman–Crippen LogP) is 2.94. The van der Waals surface area contributed by atoms with Crippen LogP contribution >= 0.6 is 0 Å². The zero-order valence-corrected chi connectivity index (χ0v) is 28.4. The molecule has 5 amide bonds. The second kappa shape index (κ2) is 16.2. The molecule has 14 heteroatoms. The zero-order valence-electron chi connectivity index (χ0n) is 28.4. The van der Waals surface area contributed by atoms with Crippen LogP contribution in [0.3, 0.4) is 0 Å². The van der Waals surface area contributed by atoms with Gasteiger partial charge in [0.2, 0.25) is 23.6 Å². The van der Waals surface area contributed by atoms with Gasteiger partial charge in [0, 0.05) is 24.8 Å². The third kappa shape index (κ3) is 9.72. The van der Waals surface area contributed by atoms with Crippen molar-refractivity contribution >= 4 is 29.5 Å². The summed E-state index contributed by atoms with van der Waals surface area (Å²) in [5, 5.41) is 20.0. The van der Waals surface area contributed by atoms with Crippen LogP contribution in [0.2, 0.25) is 0 Å². The summed E-state index contributed by atoms with van der Waals surface area (Å²) in [5.74, 6) is -4.36. The SMILES string of the molecule is CC(NC(=O)C1(NC(=O)C(NC(=O)c2ccc(-c3ccccc3)cc2)C(C)C)Cc2ccccc2C1)C(=O)NC(CCC(N)=O)C(O)C(F)(F)F. The Bertz CT molecular complexity index is 1710. The maximum Gasteiger partial charge on any atom is 0.416 e. The second-order valence-corrected chi connectivity index (χ2v) is 13.1. The number of fused-ring (bicyclic) bond motifs is 1. The quantitative estimate of drug-likeness (QED) is 0.150. The molecule has 7 N–H and O–H groups in total. The molecule has 3 aromatic rings. The Labute approximate surface area is 293 Å². The summed E-state index contributed by atoms with van der Waals surface area (Å²) in [6, 6.07) is 19.2. The van der Waals surface area contributed by atoms with Gasteiger partial charge in [-0.2, -0.15) is 13.2 Å². The molecule has 0 radical (unpaired) electrons. The molecule has 4 unspecified atom stereocenters. The molecule has 0 spiro atoms. The molecule has 4 atom stereocenters. The van der Waals surface area contributed by atoms with Crippen molar-refractivity contribution in [3.05, 3.63) is 95.6 Å². The lowest BCUT2D eigenvalue weighted by molar-refractivity contribution is -0.212. The molecule has 0 heterocycles. The molecule has 0 aromatic heterocycles. The lowest BCUT2D eigenvalue weighted by atomic mass is 9.92. The van der Waals surface area contributed by atoms with Gasteiger partial charge in [-0.3, -0.25) is 24.0 Å². The Morgan fingerprint density at radius 1 is 0.784 bits per heavy atom. The molecule has 1 aliphatic rings. The van der Waals surface area contributed by atoms with Crippen LogP contribution in [0, 0.1) is 5.92 Å². The molecule has 51 heavy (non-hydrogen) atoms. The van der Waals surface area contributed by atoms with Gasteiger partial charge >= 0.3 is 6.18 Å². The first kappa shape index (κ1) is 38.6. The lowest BCUT2D eigenvalue weighted by Crippen LogP contribution is -2.65. The van der Waals surface area contributed by atoms with Gasteiger partial charge in [-0.25, -0.2) is 0 Å². The largest absolute Gasteiger partial charge is 0.416 e. The van der Waals surface area contributed by atoms with Crippen molar-refractivity contribution in [1.29, 1.82) is 0 Å². The summed E-state index contributed by atoms with van der Waals surface area (Å²) in [5.41, 5.74) is 7.14. The number of hydrogen-bond acceptors (Lipinski definition) is 6. The monoisotopic (exact) mass is 709 g/mol.